The molecule has 1 spiro atoms. The maximum absolute atomic E-state index is 12.5. The lowest BCUT2D eigenvalue weighted by atomic mass is 9.95. The van der Waals surface area contributed by atoms with Crippen molar-refractivity contribution in [3.05, 3.63) is 35.4 Å². The quantitative estimate of drug-likeness (QED) is 0.849. The van der Waals surface area contributed by atoms with E-state index in [0.717, 1.165) is 32.1 Å². The van der Waals surface area contributed by atoms with Crippen LogP contribution < -0.4 is 5.32 Å². The predicted octanol–water partition coefficient (Wildman–Crippen LogP) is 2.65. The molecule has 3 rings (SSSR count). The normalized spacial score (nSPS) is 26.5. The Labute approximate surface area is 130 Å². The second-order valence-corrected chi connectivity index (χ2v) is 6.61. The van der Waals surface area contributed by atoms with Crippen molar-refractivity contribution in [1.29, 1.82) is 0 Å². The van der Waals surface area contributed by atoms with Crippen molar-refractivity contribution in [3.8, 4) is 0 Å². The van der Waals surface area contributed by atoms with E-state index in [1.54, 1.807) is 0 Å². The molecule has 1 aromatic carbocycles. The molecule has 0 aliphatic heterocycles. The van der Waals surface area contributed by atoms with Gasteiger partial charge < -0.3 is 10.4 Å². The van der Waals surface area contributed by atoms with E-state index >= 15 is 0 Å². The zero-order chi connectivity index (χ0) is 15.7. The number of hydrogen-bond acceptors (Lipinski definition) is 2. The Balaban J connectivity index is 1.67. The first kappa shape index (κ1) is 15.1. The van der Waals surface area contributed by atoms with E-state index < -0.39 is 12.0 Å². The monoisotopic (exact) mass is 301 g/mol. The average Bonchev–Trinajstić information content (AvgIpc) is 3.13. The summed E-state index contributed by atoms with van der Waals surface area (Å²) < 4.78 is 0. The van der Waals surface area contributed by atoms with Crippen LogP contribution in [0.5, 0.6) is 0 Å². The highest BCUT2D eigenvalue weighted by Crippen LogP contribution is 2.61. The zero-order valence-electron chi connectivity index (χ0n) is 13.0. The fourth-order valence-electron chi connectivity index (χ4n) is 3.88. The molecule has 0 radical (unpaired) electrons. The number of carbonyl (C=O) groups is 2. The van der Waals surface area contributed by atoms with Crippen molar-refractivity contribution in [3.63, 3.8) is 0 Å². The summed E-state index contributed by atoms with van der Waals surface area (Å²) in [7, 11) is 0. The molecule has 3 unspecified atom stereocenters. The summed E-state index contributed by atoms with van der Waals surface area (Å²) >= 11 is 0. The lowest BCUT2D eigenvalue weighted by Gasteiger charge is -2.16. The summed E-state index contributed by atoms with van der Waals surface area (Å²) in [6, 6.07) is 7.59. The molecule has 4 nitrogen and oxygen atoms in total. The highest BCUT2D eigenvalue weighted by Gasteiger charge is 2.61. The first-order valence-electron chi connectivity index (χ1n) is 8.20. The van der Waals surface area contributed by atoms with Gasteiger partial charge >= 0.3 is 5.97 Å². The summed E-state index contributed by atoms with van der Waals surface area (Å²) in [5, 5.41) is 12.0. The molecule has 1 aromatic rings. The summed E-state index contributed by atoms with van der Waals surface area (Å²) in [4.78, 5) is 23.8. The van der Waals surface area contributed by atoms with Crippen LogP contribution in [0.2, 0.25) is 0 Å². The first-order valence-corrected chi connectivity index (χ1v) is 8.20. The Morgan fingerprint density at radius 2 is 2.18 bits per heavy atom. The van der Waals surface area contributed by atoms with Crippen LogP contribution >= 0.6 is 0 Å². The van der Waals surface area contributed by atoms with E-state index in [1.165, 1.54) is 11.1 Å². The molecule has 0 aromatic heterocycles. The van der Waals surface area contributed by atoms with Gasteiger partial charge in [0, 0.05) is 11.3 Å². The van der Waals surface area contributed by atoms with E-state index in [1.807, 2.05) is 19.1 Å². The third kappa shape index (κ3) is 2.51. The molecule has 1 amide bonds. The molecule has 2 aliphatic rings. The van der Waals surface area contributed by atoms with E-state index in [0.29, 0.717) is 6.42 Å². The van der Waals surface area contributed by atoms with Crippen molar-refractivity contribution in [1.82, 2.24) is 5.32 Å². The van der Waals surface area contributed by atoms with Gasteiger partial charge in [0.05, 0.1) is 0 Å². The van der Waals surface area contributed by atoms with Crippen LogP contribution in [0.4, 0.5) is 0 Å². The average molecular weight is 301 g/mol. The minimum atomic E-state index is -0.927. The maximum atomic E-state index is 12.5. The molecule has 1 saturated carbocycles. The van der Waals surface area contributed by atoms with Crippen molar-refractivity contribution in [2.24, 2.45) is 5.92 Å². The van der Waals surface area contributed by atoms with E-state index in [9.17, 15) is 14.7 Å². The molecule has 118 valence electrons. The van der Waals surface area contributed by atoms with Gasteiger partial charge in [-0.15, -0.1) is 0 Å². The molecule has 2 aliphatic carbocycles. The molecule has 0 heterocycles. The van der Waals surface area contributed by atoms with Gasteiger partial charge in [-0.3, -0.25) is 4.79 Å². The van der Waals surface area contributed by atoms with Crippen molar-refractivity contribution in [2.75, 3.05) is 0 Å². The number of carbonyl (C=O) groups excluding carboxylic acids is 1. The number of rotatable bonds is 6. The number of nitrogens with one attached hydrogen (secondary N) is 1. The number of hydrogen-bond donors (Lipinski definition) is 2. The topological polar surface area (TPSA) is 66.4 Å². The van der Waals surface area contributed by atoms with Crippen LogP contribution in [0.15, 0.2) is 24.3 Å². The summed E-state index contributed by atoms with van der Waals surface area (Å²) in [5.74, 6) is -1.07. The number of amides is 1. The lowest BCUT2D eigenvalue weighted by molar-refractivity contribution is -0.142. The number of benzene rings is 1. The Bertz CT molecular complexity index is 598. The lowest BCUT2D eigenvalue weighted by Crippen LogP contribution is -2.42. The zero-order valence-corrected chi connectivity index (χ0v) is 13.0. The second-order valence-electron chi connectivity index (χ2n) is 6.61. The number of aryl methyl sites for hydroxylation is 1. The summed E-state index contributed by atoms with van der Waals surface area (Å²) in [6.45, 7) is 2.02. The van der Waals surface area contributed by atoms with Crippen molar-refractivity contribution in [2.45, 2.75) is 56.9 Å². The molecule has 1 fully saturated rings. The predicted molar refractivity (Wildman–Crippen MR) is 83.6 cm³/mol. The number of carboxylic acid groups (broad SMARTS) is 1. The van der Waals surface area contributed by atoms with Crippen LogP contribution in [-0.2, 0) is 21.4 Å². The molecular formula is C18H23NO3. The molecular weight excluding hydrogens is 278 g/mol. The SMILES string of the molecule is CCCCC(NC(=O)C1CC12CCc1ccccc12)C(=O)O. The van der Waals surface area contributed by atoms with Gasteiger partial charge in [0.1, 0.15) is 6.04 Å². The fourth-order valence-corrected chi connectivity index (χ4v) is 3.88. The number of aliphatic carboxylic acids is 1. The van der Waals surface area contributed by atoms with Crippen LogP contribution in [0.25, 0.3) is 0 Å². The standard InChI is InChI=1S/C18H23NO3/c1-2-3-8-15(17(21)22)19-16(20)14-11-18(14)10-9-12-6-4-5-7-13(12)18/h4-7,14-15H,2-3,8-11H2,1H3,(H,19,20)(H,21,22). The third-order valence-electron chi connectivity index (χ3n) is 5.25. The highest BCUT2D eigenvalue weighted by molar-refractivity contribution is 5.88. The highest BCUT2D eigenvalue weighted by atomic mass is 16.4. The van der Waals surface area contributed by atoms with Crippen molar-refractivity contribution >= 4 is 11.9 Å². The maximum Gasteiger partial charge on any atom is 0.326 e. The molecule has 22 heavy (non-hydrogen) atoms. The summed E-state index contributed by atoms with van der Waals surface area (Å²) in [5.41, 5.74) is 2.63. The smallest absolute Gasteiger partial charge is 0.326 e. The van der Waals surface area contributed by atoms with Crippen molar-refractivity contribution < 1.29 is 14.7 Å². The van der Waals surface area contributed by atoms with Gasteiger partial charge in [-0.05, 0) is 36.8 Å². The van der Waals surface area contributed by atoms with E-state index in [4.69, 9.17) is 0 Å². The molecule has 2 N–H and O–H groups in total. The van der Waals surface area contributed by atoms with Crippen LogP contribution in [-0.4, -0.2) is 23.0 Å². The number of fused-ring (bicyclic) bond motifs is 2. The minimum absolute atomic E-state index is 0.0194. The van der Waals surface area contributed by atoms with Gasteiger partial charge in [0.25, 0.3) is 0 Å². The third-order valence-corrected chi connectivity index (χ3v) is 5.25. The number of unbranched alkanes of at least 4 members (excludes halogenated alkanes) is 1. The summed E-state index contributed by atoms with van der Waals surface area (Å²) in [6.07, 6.45) is 5.15. The Morgan fingerprint density at radius 1 is 1.41 bits per heavy atom. The first-order chi connectivity index (χ1) is 10.6. The van der Waals surface area contributed by atoms with E-state index in [2.05, 4.69) is 17.4 Å². The molecule has 0 bridgehead atoms. The van der Waals surface area contributed by atoms with E-state index in [-0.39, 0.29) is 17.2 Å². The van der Waals surface area contributed by atoms with Gasteiger partial charge in [-0.1, -0.05) is 44.0 Å². The minimum Gasteiger partial charge on any atom is -0.480 e. The van der Waals surface area contributed by atoms with Crippen LogP contribution in [0.1, 0.15) is 50.2 Å². The van der Waals surface area contributed by atoms with Gasteiger partial charge in [-0.2, -0.15) is 0 Å². The largest absolute Gasteiger partial charge is 0.480 e. The second kappa shape index (κ2) is 5.75. The van der Waals surface area contributed by atoms with Crippen LogP contribution in [0, 0.1) is 5.92 Å². The van der Waals surface area contributed by atoms with Gasteiger partial charge in [-0.25, -0.2) is 4.79 Å². The molecule has 0 saturated heterocycles. The molecule has 4 heteroatoms. The fraction of sp³-hybridized carbons (Fsp3) is 0.556. The molecule has 3 atom stereocenters. The number of carboxylic acids is 1. The van der Waals surface area contributed by atoms with Crippen LogP contribution in [0.3, 0.4) is 0 Å². The van der Waals surface area contributed by atoms with Gasteiger partial charge in [0.2, 0.25) is 5.91 Å². The Kier molecular flexibility index (Phi) is 3.94. The Morgan fingerprint density at radius 3 is 2.91 bits per heavy atom. The van der Waals surface area contributed by atoms with Gasteiger partial charge in [0.15, 0.2) is 0 Å². The Hall–Kier alpha value is -1.84.